The molecule has 3 aliphatic heterocycles. The summed E-state index contributed by atoms with van der Waals surface area (Å²) in [7, 11) is 1.71. The summed E-state index contributed by atoms with van der Waals surface area (Å²) in [4.78, 5) is 2.47. The Bertz CT molecular complexity index is 1220. The van der Waals surface area contributed by atoms with Crippen molar-refractivity contribution in [2.45, 2.75) is 53.0 Å². The zero-order valence-corrected chi connectivity index (χ0v) is 21.4. The average Bonchev–Trinajstić information content (AvgIpc) is 3.30. The van der Waals surface area contributed by atoms with Crippen molar-refractivity contribution in [3.8, 4) is 23.0 Å². The van der Waals surface area contributed by atoms with E-state index in [1.807, 2.05) is 6.07 Å². The lowest BCUT2D eigenvalue weighted by Crippen LogP contribution is -2.34. The van der Waals surface area contributed by atoms with Crippen LogP contribution in [0, 0.1) is 0 Å². The minimum absolute atomic E-state index is 0.163. The maximum absolute atomic E-state index is 6.40. The van der Waals surface area contributed by atoms with Crippen molar-refractivity contribution in [1.82, 2.24) is 4.90 Å². The minimum atomic E-state index is 0.163. The molecule has 0 spiro atoms. The summed E-state index contributed by atoms with van der Waals surface area (Å²) in [6.45, 7) is 10.5. The molecule has 0 fully saturated rings. The second-order valence-electron chi connectivity index (χ2n) is 9.79. The molecule has 0 radical (unpaired) electrons. The first-order valence-corrected chi connectivity index (χ1v) is 12.5. The number of ether oxygens (including phenoxy) is 4. The summed E-state index contributed by atoms with van der Waals surface area (Å²) >= 11 is 0. The van der Waals surface area contributed by atoms with Crippen LogP contribution in [0.5, 0.6) is 23.0 Å². The van der Waals surface area contributed by atoms with Crippen molar-refractivity contribution in [1.29, 1.82) is 0 Å². The van der Waals surface area contributed by atoms with Gasteiger partial charge in [-0.2, -0.15) is 0 Å². The first kappa shape index (κ1) is 23.4. The Morgan fingerprint density at radius 1 is 1.11 bits per heavy atom. The quantitative estimate of drug-likeness (QED) is 0.408. The Kier molecular flexibility index (Phi) is 6.50. The predicted molar refractivity (Wildman–Crippen MR) is 140 cm³/mol. The van der Waals surface area contributed by atoms with Gasteiger partial charge in [0, 0.05) is 23.4 Å². The van der Waals surface area contributed by atoms with Crippen molar-refractivity contribution in [3.63, 3.8) is 0 Å². The molecule has 35 heavy (non-hydrogen) atoms. The minimum Gasteiger partial charge on any atom is -0.493 e. The molecule has 0 bridgehead atoms. The number of rotatable bonds is 7. The number of fused-ring (bicyclic) bond motifs is 5. The average molecular weight is 474 g/mol. The van der Waals surface area contributed by atoms with Crippen LogP contribution in [0.15, 0.2) is 47.6 Å². The van der Waals surface area contributed by atoms with Crippen LogP contribution in [-0.2, 0) is 6.42 Å². The number of hydrogen-bond donors (Lipinski definition) is 0. The summed E-state index contributed by atoms with van der Waals surface area (Å²) < 4.78 is 23.4. The summed E-state index contributed by atoms with van der Waals surface area (Å²) in [5.74, 6) is 3.31. The van der Waals surface area contributed by atoms with E-state index in [2.05, 4.69) is 69.0 Å². The Hall–Kier alpha value is -3.34. The number of nitrogens with zero attached hydrogens (tertiary/aromatic N) is 1. The van der Waals surface area contributed by atoms with Crippen LogP contribution in [0.4, 0.5) is 0 Å². The first-order chi connectivity index (χ1) is 17.0. The fourth-order valence-electron chi connectivity index (χ4n) is 5.23. The Balaban J connectivity index is 1.45. The van der Waals surface area contributed by atoms with E-state index < -0.39 is 0 Å². The van der Waals surface area contributed by atoms with Crippen molar-refractivity contribution in [2.75, 3.05) is 27.1 Å². The first-order valence-electron chi connectivity index (χ1n) is 12.5. The Morgan fingerprint density at radius 2 is 1.91 bits per heavy atom. The molecule has 3 aliphatic rings. The lowest BCUT2D eigenvalue weighted by atomic mass is 9.86. The summed E-state index contributed by atoms with van der Waals surface area (Å²) in [5, 5.41) is 0. The smallest absolute Gasteiger partial charge is 0.231 e. The molecular weight excluding hydrogens is 438 g/mol. The molecule has 3 heterocycles. The van der Waals surface area contributed by atoms with Crippen LogP contribution < -0.4 is 18.9 Å². The molecule has 0 N–H and O–H groups in total. The maximum atomic E-state index is 6.40. The van der Waals surface area contributed by atoms with E-state index in [0.29, 0.717) is 13.4 Å². The third-order valence-corrected chi connectivity index (χ3v) is 7.15. The highest BCUT2D eigenvalue weighted by molar-refractivity contribution is 5.88. The number of methoxy groups -OCH3 is 1. The van der Waals surface area contributed by atoms with Crippen molar-refractivity contribution in [2.24, 2.45) is 0 Å². The Morgan fingerprint density at radius 3 is 2.69 bits per heavy atom. The van der Waals surface area contributed by atoms with E-state index in [1.165, 1.54) is 39.1 Å². The summed E-state index contributed by atoms with van der Waals surface area (Å²) in [5.41, 5.74) is 8.84. The molecule has 0 aromatic heterocycles. The molecule has 5 nitrogen and oxygen atoms in total. The Labute approximate surface area is 208 Å². The van der Waals surface area contributed by atoms with Gasteiger partial charge in [0.1, 0.15) is 6.61 Å². The van der Waals surface area contributed by atoms with Crippen molar-refractivity contribution < 1.29 is 18.9 Å². The van der Waals surface area contributed by atoms with Crippen LogP contribution in [0.3, 0.4) is 0 Å². The van der Waals surface area contributed by atoms with Gasteiger partial charge in [-0.15, -0.1) is 0 Å². The fraction of sp³-hybridized carbons (Fsp3) is 0.400. The second-order valence-corrected chi connectivity index (χ2v) is 9.79. The van der Waals surface area contributed by atoms with E-state index in [-0.39, 0.29) is 6.04 Å². The molecule has 0 aliphatic carbocycles. The SMILES string of the molecule is COc1ccc2c(c1OC/C=C(\C)CCC=C(C)C)[C@H](C)N1CCc3cc4c(cc3C1=C2)OCO4. The van der Waals surface area contributed by atoms with Gasteiger partial charge >= 0.3 is 0 Å². The second kappa shape index (κ2) is 9.73. The van der Waals surface area contributed by atoms with E-state index in [4.69, 9.17) is 18.9 Å². The van der Waals surface area contributed by atoms with Gasteiger partial charge in [0.15, 0.2) is 23.0 Å². The van der Waals surface area contributed by atoms with Gasteiger partial charge in [0.25, 0.3) is 0 Å². The van der Waals surface area contributed by atoms with Gasteiger partial charge in [0.2, 0.25) is 6.79 Å². The third kappa shape index (κ3) is 4.52. The normalized spacial score (nSPS) is 17.7. The van der Waals surface area contributed by atoms with Gasteiger partial charge in [-0.3, -0.25) is 0 Å². The summed E-state index contributed by atoms with van der Waals surface area (Å²) in [6, 6.07) is 8.60. The molecule has 0 unspecified atom stereocenters. The van der Waals surface area contributed by atoms with Gasteiger partial charge < -0.3 is 23.8 Å². The molecule has 2 aromatic rings. The zero-order chi connectivity index (χ0) is 24.5. The van der Waals surface area contributed by atoms with Crippen LogP contribution in [0.1, 0.15) is 68.8 Å². The third-order valence-electron chi connectivity index (χ3n) is 7.15. The molecule has 0 saturated carbocycles. The molecule has 2 aromatic carbocycles. The lowest BCUT2D eigenvalue weighted by Gasteiger charge is -2.42. The van der Waals surface area contributed by atoms with E-state index in [9.17, 15) is 0 Å². The van der Waals surface area contributed by atoms with Crippen LogP contribution in [0.2, 0.25) is 0 Å². The van der Waals surface area contributed by atoms with Gasteiger partial charge in [0.05, 0.1) is 13.2 Å². The van der Waals surface area contributed by atoms with E-state index in [0.717, 1.165) is 48.8 Å². The predicted octanol–water partition coefficient (Wildman–Crippen LogP) is 6.93. The van der Waals surface area contributed by atoms with Crippen molar-refractivity contribution >= 4 is 11.8 Å². The number of benzene rings is 2. The van der Waals surface area contributed by atoms with E-state index >= 15 is 0 Å². The highest BCUT2D eigenvalue weighted by Crippen LogP contribution is 2.49. The molecular formula is C30H35NO4. The van der Waals surface area contributed by atoms with Gasteiger partial charge in [-0.1, -0.05) is 23.3 Å². The zero-order valence-electron chi connectivity index (χ0n) is 21.4. The number of hydrogen-bond acceptors (Lipinski definition) is 5. The topological polar surface area (TPSA) is 40.2 Å². The molecule has 5 rings (SSSR count). The van der Waals surface area contributed by atoms with Gasteiger partial charge in [-0.05, 0) is 88.4 Å². The van der Waals surface area contributed by atoms with Crippen LogP contribution in [0.25, 0.3) is 11.8 Å². The highest BCUT2D eigenvalue weighted by Gasteiger charge is 2.34. The molecule has 5 heteroatoms. The fourth-order valence-corrected chi connectivity index (χ4v) is 5.23. The highest BCUT2D eigenvalue weighted by atomic mass is 16.7. The van der Waals surface area contributed by atoms with Crippen LogP contribution >= 0.6 is 0 Å². The lowest BCUT2D eigenvalue weighted by molar-refractivity contribution is 0.174. The van der Waals surface area contributed by atoms with Gasteiger partial charge in [-0.25, -0.2) is 0 Å². The standard InChI is InChI=1S/C30H35NO4/c1-19(2)7-6-8-20(3)12-14-33-30-26(32-5)10-9-23-15-25-24-17-28-27(34-18-35-28)16-22(24)11-13-31(25)21(4)29(23)30/h7,9-10,12,15-17,21H,6,8,11,13-14,18H2,1-5H3/b20-12+/t21-/m0/s1. The molecule has 1 atom stereocenters. The monoisotopic (exact) mass is 473 g/mol. The van der Waals surface area contributed by atoms with Crippen molar-refractivity contribution in [3.05, 3.63) is 69.8 Å². The summed E-state index contributed by atoms with van der Waals surface area (Å²) in [6.07, 6.45) is 9.83. The largest absolute Gasteiger partial charge is 0.493 e. The molecule has 0 saturated heterocycles. The van der Waals surface area contributed by atoms with E-state index in [1.54, 1.807) is 7.11 Å². The van der Waals surface area contributed by atoms with Crippen LogP contribution in [-0.4, -0.2) is 32.0 Å². The molecule has 184 valence electrons. The molecule has 0 amide bonds. The number of allylic oxidation sites excluding steroid dienone is 3. The maximum Gasteiger partial charge on any atom is 0.231 e.